The number of nitrogens with zero attached hydrogens (tertiary/aromatic N) is 3. The summed E-state index contributed by atoms with van der Waals surface area (Å²) in [5.41, 5.74) is 19.7. The third kappa shape index (κ3) is 5.94. The second-order valence-electron chi connectivity index (χ2n) is 15.9. The van der Waals surface area contributed by atoms with Crippen LogP contribution in [0.3, 0.4) is 0 Å². The van der Waals surface area contributed by atoms with Crippen molar-refractivity contribution in [2.24, 2.45) is 0 Å². The second kappa shape index (κ2) is 14.8. The third-order valence-electron chi connectivity index (χ3n) is 12.4. The largest absolute Gasteiger partial charge is 0.265 e. The lowest BCUT2D eigenvalue weighted by Gasteiger charge is -2.20. The van der Waals surface area contributed by atoms with Crippen LogP contribution in [0.4, 0.5) is 0 Å². The van der Waals surface area contributed by atoms with Gasteiger partial charge in [-0.05, 0) is 107 Å². The van der Waals surface area contributed by atoms with E-state index in [1.807, 2.05) is 42.7 Å². The number of pyridine rings is 1. The van der Waals surface area contributed by atoms with Crippen LogP contribution in [0.5, 0.6) is 0 Å². The molecule has 0 aliphatic heterocycles. The summed E-state index contributed by atoms with van der Waals surface area (Å²) in [5, 5.41) is 5.08. The number of aromatic nitrogens is 3. The SMILES string of the molecule is c1ccc(-c2nc(-c3ccc(-c4ccncc4)cc3)cc(-c3ccc(-c4ccc5c6c(cccc46)-c4c-5c(-c5ccccc5)c5ccccc5c4-c4ccccc4)cc3)n2)cc1. The van der Waals surface area contributed by atoms with E-state index in [1.165, 1.54) is 71.6 Å². The van der Waals surface area contributed by atoms with Crippen molar-refractivity contribution in [3.8, 4) is 101 Å². The molecule has 0 radical (unpaired) electrons. The Morgan fingerprint density at radius 3 is 1.26 bits per heavy atom. The first-order valence-electron chi connectivity index (χ1n) is 21.1. The van der Waals surface area contributed by atoms with E-state index in [-0.39, 0.29) is 0 Å². The average molecular weight is 788 g/mol. The van der Waals surface area contributed by atoms with E-state index in [2.05, 4.69) is 187 Å². The monoisotopic (exact) mass is 787 g/mol. The Labute approximate surface area is 360 Å². The Bertz CT molecular complexity index is 3360. The molecule has 0 atom stereocenters. The Morgan fingerprint density at radius 2 is 0.694 bits per heavy atom. The van der Waals surface area contributed by atoms with Gasteiger partial charge in [0, 0.05) is 29.1 Å². The summed E-state index contributed by atoms with van der Waals surface area (Å²) in [6, 6.07) is 76.2. The van der Waals surface area contributed by atoms with Crippen LogP contribution in [-0.2, 0) is 0 Å². The lowest BCUT2D eigenvalue weighted by Crippen LogP contribution is -1.96. The van der Waals surface area contributed by atoms with Crippen LogP contribution in [0.15, 0.2) is 225 Å². The first-order valence-corrected chi connectivity index (χ1v) is 21.1. The summed E-state index contributed by atoms with van der Waals surface area (Å²) in [5.74, 6) is 0.699. The fraction of sp³-hybridized carbons (Fsp3) is 0. The van der Waals surface area contributed by atoms with E-state index < -0.39 is 0 Å². The molecule has 0 saturated carbocycles. The minimum atomic E-state index is 0.699. The van der Waals surface area contributed by atoms with Crippen LogP contribution in [-0.4, -0.2) is 15.0 Å². The third-order valence-corrected chi connectivity index (χ3v) is 12.4. The lowest BCUT2D eigenvalue weighted by atomic mass is 9.82. The van der Waals surface area contributed by atoms with Crippen molar-refractivity contribution in [3.63, 3.8) is 0 Å². The van der Waals surface area contributed by atoms with Crippen molar-refractivity contribution in [3.05, 3.63) is 225 Å². The number of rotatable bonds is 7. The van der Waals surface area contributed by atoms with E-state index in [0.717, 1.165) is 44.8 Å². The molecule has 0 bridgehead atoms. The van der Waals surface area contributed by atoms with Crippen molar-refractivity contribution in [1.29, 1.82) is 0 Å². The molecule has 288 valence electrons. The van der Waals surface area contributed by atoms with Gasteiger partial charge in [-0.1, -0.05) is 194 Å². The normalized spacial score (nSPS) is 11.5. The molecule has 0 unspecified atom stereocenters. The van der Waals surface area contributed by atoms with Crippen LogP contribution in [0.1, 0.15) is 0 Å². The maximum Gasteiger partial charge on any atom is 0.160 e. The molecule has 0 saturated heterocycles. The highest BCUT2D eigenvalue weighted by Crippen LogP contribution is 2.58. The highest BCUT2D eigenvalue weighted by molar-refractivity contribution is 6.28. The number of hydrogen-bond acceptors (Lipinski definition) is 3. The van der Waals surface area contributed by atoms with Gasteiger partial charge in [0.1, 0.15) is 0 Å². The van der Waals surface area contributed by atoms with Crippen LogP contribution in [0.2, 0.25) is 0 Å². The van der Waals surface area contributed by atoms with Gasteiger partial charge in [-0.2, -0.15) is 0 Å². The standard InChI is InChI=1S/C59H37N3/c1-4-13-43(14-5-1)54-48-19-10-11-20-49(48)55(44-15-6-2-7-16-44)58-51-32-31-46(47-21-12-22-50(56(47)51)57(54)58)40-25-29-42(30-26-40)53-37-52(61-59(62-53)45-17-8-3-9-18-45)41-27-23-38(24-28-41)39-33-35-60-36-34-39/h1-37H. The van der Waals surface area contributed by atoms with Crippen LogP contribution in [0, 0.1) is 0 Å². The second-order valence-corrected chi connectivity index (χ2v) is 15.9. The molecule has 0 N–H and O–H groups in total. The van der Waals surface area contributed by atoms with Crippen LogP contribution < -0.4 is 0 Å². The number of hydrogen-bond donors (Lipinski definition) is 0. The van der Waals surface area contributed by atoms with Crippen LogP contribution >= 0.6 is 0 Å². The van der Waals surface area contributed by atoms with Crippen molar-refractivity contribution in [2.75, 3.05) is 0 Å². The molecule has 9 aromatic carbocycles. The molecule has 11 aromatic rings. The van der Waals surface area contributed by atoms with Crippen molar-refractivity contribution in [1.82, 2.24) is 15.0 Å². The molecule has 1 aliphatic carbocycles. The Hall–Kier alpha value is -8.27. The molecule has 2 heterocycles. The zero-order valence-electron chi connectivity index (χ0n) is 33.7. The average Bonchev–Trinajstić information content (AvgIpc) is 3.69. The molecule has 3 nitrogen and oxygen atoms in total. The van der Waals surface area contributed by atoms with Gasteiger partial charge in [-0.3, -0.25) is 4.98 Å². The highest BCUT2D eigenvalue weighted by atomic mass is 14.9. The number of benzene rings is 9. The maximum absolute atomic E-state index is 5.14. The predicted octanol–water partition coefficient (Wildman–Crippen LogP) is 15.5. The Balaban J connectivity index is 0.991. The number of fused-ring (bicyclic) bond motifs is 4. The molecule has 0 fully saturated rings. The van der Waals surface area contributed by atoms with Crippen molar-refractivity contribution in [2.45, 2.75) is 0 Å². The van der Waals surface area contributed by atoms with Crippen LogP contribution in [0.25, 0.3) is 122 Å². The summed E-state index contributed by atoms with van der Waals surface area (Å²) in [7, 11) is 0. The minimum absolute atomic E-state index is 0.699. The van der Waals surface area contributed by atoms with E-state index in [9.17, 15) is 0 Å². The minimum Gasteiger partial charge on any atom is -0.265 e. The summed E-state index contributed by atoms with van der Waals surface area (Å²) in [4.78, 5) is 14.4. The topological polar surface area (TPSA) is 38.7 Å². The van der Waals surface area contributed by atoms with E-state index in [4.69, 9.17) is 9.97 Å². The quantitative estimate of drug-likeness (QED) is 0.161. The maximum atomic E-state index is 5.14. The molecule has 2 aromatic heterocycles. The molecular formula is C59H37N3. The van der Waals surface area contributed by atoms with E-state index in [1.54, 1.807) is 0 Å². The molecule has 1 aliphatic rings. The molecule has 62 heavy (non-hydrogen) atoms. The molecule has 0 spiro atoms. The summed E-state index contributed by atoms with van der Waals surface area (Å²) in [6.07, 6.45) is 3.65. The molecule has 12 rings (SSSR count). The van der Waals surface area contributed by atoms with Crippen molar-refractivity contribution >= 4 is 21.5 Å². The summed E-state index contributed by atoms with van der Waals surface area (Å²) < 4.78 is 0. The van der Waals surface area contributed by atoms with Gasteiger partial charge in [0.15, 0.2) is 5.82 Å². The summed E-state index contributed by atoms with van der Waals surface area (Å²) in [6.45, 7) is 0. The zero-order chi connectivity index (χ0) is 41.0. The van der Waals surface area contributed by atoms with E-state index >= 15 is 0 Å². The highest BCUT2D eigenvalue weighted by Gasteiger charge is 2.31. The fourth-order valence-electron chi connectivity index (χ4n) is 9.52. The summed E-state index contributed by atoms with van der Waals surface area (Å²) >= 11 is 0. The Kier molecular flexibility index (Phi) is 8.50. The van der Waals surface area contributed by atoms with Gasteiger partial charge in [0.05, 0.1) is 11.4 Å². The lowest BCUT2D eigenvalue weighted by molar-refractivity contribution is 1.18. The van der Waals surface area contributed by atoms with Gasteiger partial charge in [0.2, 0.25) is 0 Å². The Morgan fingerprint density at radius 1 is 0.258 bits per heavy atom. The first kappa shape index (κ1) is 35.7. The van der Waals surface area contributed by atoms with Crippen molar-refractivity contribution < 1.29 is 0 Å². The smallest absolute Gasteiger partial charge is 0.160 e. The van der Waals surface area contributed by atoms with Gasteiger partial charge in [0.25, 0.3) is 0 Å². The molecule has 0 amide bonds. The van der Waals surface area contributed by atoms with E-state index in [0.29, 0.717) is 5.82 Å². The van der Waals surface area contributed by atoms with Gasteiger partial charge in [-0.15, -0.1) is 0 Å². The fourth-order valence-corrected chi connectivity index (χ4v) is 9.52. The van der Waals surface area contributed by atoms with Gasteiger partial charge < -0.3 is 0 Å². The first-order chi connectivity index (χ1) is 30.8. The molecule has 3 heteroatoms. The zero-order valence-corrected chi connectivity index (χ0v) is 33.7. The predicted molar refractivity (Wildman–Crippen MR) is 257 cm³/mol. The van der Waals surface area contributed by atoms with Gasteiger partial charge in [-0.25, -0.2) is 9.97 Å². The van der Waals surface area contributed by atoms with Gasteiger partial charge >= 0.3 is 0 Å². The molecular weight excluding hydrogens is 751 g/mol.